The zero-order valence-electron chi connectivity index (χ0n) is 14.5. The maximum atomic E-state index is 13.7. The second-order valence-electron chi connectivity index (χ2n) is 5.65. The Balaban J connectivity index is 1.90. The normalized spacial score (nSPS) is 11.4. The summed E-state index contributed by atoms with van der Waals surface area (Å²) in [5.41, 5.74) is 0.506. The van der Waals surface area contributed by atoms with Crippen LogP contribution in [0.1, 0.15) is 17.8 Å². The van der Waals surface area contributed by atoms with Gasteiger partial charge in [0.1, 0.15) is 5.82 Å². The molecule has 0 aliphatic carbocycles. The van der Waals surface area contributed by atoms with Gasteiger partial charge in [0.25, 0.3) is 10.0 Å². The number of nitriles is 1. The number of nitrogens with one attached hydrogen (secondary N) is 1. The third-order valence-electron chi connectivity index (χ3n) is 3.72. The molecule has 0 saturated heterocycles. The molecule has 142 valence electrons. The van der Waals surface area contributed by atoms with Gasteiger partial charge in [-0.15, -0.1) is 5.10 Å². The first-order chi connectivity index (χ1) is 13.5. The fourth-order valence-electron chi connectivity index (χ4n) is 2.38. The van der Waals surface area contributed by atoms with Crippen molar-refractivity contribution >= 4 is 27.9 Å². The van der Waals surface area contributed by atoms with Crippen molar-refractivity contribution in [2.75, 3.05) is 4.72 Å². The van der Waals surface area contributed by atoms with Crippen molar-refractivity contribution in [3.8, 4) is 6.07 Å². The van der Waals surface area contributed by atoms with Crippen molar-refractivity contribution in [1.29, 1.82) is 5.26 Å². The van der Waals surface area contributed by atoms with E-state index in [0.717, 1.165) is 6.07 Å². The molecule has 2 aromatic carbocycles. The summed E-state index contributed by atoms with van der Waals surface area (Å²) in [6.45, 7) is 0.305. The molecule has 1 heterocycles. The molecule has 1 aromatic heterocycles. The number of anilines is 1. The maximum absolute atomic E-state index is 13.7. The molecule has 0 aliphatic rings. The Kier molecular flexibility index (Phi) is 5.76. The number of rotatable bonds is 7. The van der Waals surface area contributed by atoms with Crippen LogP contribution in [0.3, 0.4) is 0 Å². The number of aryl methyl sites for hydroxylation is 1. The van der Waals surface area contributed by atoms with Crippen molar-refractivity contribution in [3.63, 3.8) is 0 Å². The Morgan fingerprint density at radius 3 is 2.71 bits per heavy atom. The van der Waals surface area contributed by atoms with E-state index in [0.29, 0.717) is 17.9 Å². The number of hydrogen-bond donors (Lipinski definition) is 1. The summed E-state index contributed by atoms with van der Waals surface area (Å²) in [4.78, 5) is 0.0923. The van der Waals surface area contributed by atoms with Crippen LogP contribution in [0.4, 0.5) is 10.1 Å². The van der Waals surface area contributed by atoms with Gasteiger partial charge in [0.05, 0.1) is 29.6 Å². The van der Waals surface area contributed by atoms with E-state index >= 15 is 0 Å². The minimum absolute atomic E-state index is 0.0923. The highest BCUT2D eigenvalue weighted by atomic mass is 32.2. The SMILES string of the molecule is N#CCCn1nnnc1/C=C/c1cc(F)ccc1NS(=O)(=O)c1ccccc1. The highest BCUT2D eigenvalue weighted by Gasteiger charge is 2.15. The number of sulfonamides is 1. The average Bonchev–Trinajstić information content (AvgIpc) is 3.14. The molecule has 10 heteroatoms. The second-order valence-corrected chi connectivity index (χ2v) is 7.33. The Bertz CT molecular complexity index is 1140. The largest absolute Gasteiger partial charge is 0.279 e. The lowest BCUT2D eigenvalue weighted by Gasteiger charge is -2.11. The number of tetrazole rings is 1. The van der Waals surface area contributed by atoms with Gasteiger partial charge >= 0.3 is 0 Å². The molecule has 0 spiro atoms. The van der Waals surface area contributed by atoms with Gasteiger partial charge < -0.3 is 0 Å². The van der Waals surface area contributed by atoms with Gasteiger partial charge in [-0.25, -0.2) is 17.5 Å². The van der Waals surface area contributed by atoms with E-state index in [2.05, 4.69) is 20.2 Å². The first-order valence-electron chi connectivity index (χ1n) is 8.18. The van der Waals surface area contributed by atoms with Crippen LogP contribution in [0, 0.1) is 17.1 Å². The van der Waals surface area contributed by atoms with Crippen molar-refractivity contribution in [2.45, 2.75) is 17.9 Å². The smallest absolute Gasteiger partial charge is 0.261 e. The maximum Gasteiger partial charge on any atom is 0.261 e. The highest BCUT2D eigenvalue weighted by molar-refractivity contribution is 7.92. The third-order valence-corrected chi connectivity index (χ3v) is 5.10. The lowest BCUT2D eigenvalue weighted by molar-refractivity contribution is 0.595. The molecule has 0 unspecified atom stereocenters. The number of benzene rings is 2. The van der Waals surface area contributed by atoms with Crippen LogP contribution >= 0.6 is 0 Å². The van der Waals surface area contributed by atoms with Crippen molar-refractivity contribution in [3.05, 3.63) is 65.7 Å². The van der Waals surface area contributed by atoms with Gasteiger partial charge in [0.15, 0.2) is 5.82 Å². The van der Waals surface area contributed by atoms with Gasteiger partial charge in [-0.2, -0.15) is 5.26 Å². The molecule has 8 nitrogen and oxygen atoms in total. The summed E-state index contributed by atoms with van der Waals surface area (Å²) in [6.07, 6.45) is 3.25. The summed E-state index contributed by atoms with van der Waals surface area (Å²) in [7, 11) is -3.83. The van der Waals surface area contributed by atoms with E-state index < -0.39 is 15.8 Å². The minimum Gasteiger partial charge on any atom is -0.279 e. The molecule has 0 bridgehead atoms. The molecule has 3 aromatic rings. The molecule has 0 fully saturated rings. The van der Waals surface area contributed by atoms with Crippen molar-refractivity contribution in [1.82, 2.24) is 20.2 Å². The zero-order valence-corrected chi connectivity index (χ0v) is 15.3. The van der Waals surface area contributed by atoms with Crippen LogP contribution in [0.5, 0.6) is 0 Å². The molecule has 0 saturated carbocycles. The lowest BCUT2D eigenvalue weighted by atomic mass is 10.1. The zero-order chi connectivity index (χ0) is 20.0. The van der Waals surface area contributed by atoms with Crippen LogP contribution in [-0.2, 0) is 16.6 Å². The van der Waals surface area contributed by atoms with Gasteiger partial charge in [0, 0.05) is 5.56 Å². The number of halogens is 1. The summed E-state index contributed by atoms with van der Waals surface area (Å²) < 4.78 is 42.7. The van der Waals surface area contributed by atoms with E-state index in [1.807, 2.05) is 6.07 Å². The minimum atomic E-state index is -3.83. The molecule has 0 radical (unpaired) electrons. The standard InChI is InChI=1S/C18H15FN6O2S/c19-15-8-9-17(22-28(26,27)16-5-2-1-3-6-16)14(13-15)7-10-18-21-23-24-25(18)12-4-11-20/h1-3,5-10,13,22H,4,12H2/b10-7+. The van der Waals surface area contributed by atoms with Crippen LogP contribution in [0.25, 0.3) is 12.2 Å². The van der Waals surface area contributed by atoms with E-state index in [9.17, 15) is 12.8 Å². The Hall–Kier alpha value is -3.58. The summed E-state index contributed by atoms with van der Waals surface area (Å²) in [5, 5.41) is 19.8. The predicted octanol–water partition coefficient (Wildman–Crippen LogP) is 2.70. The Morgan fingerprint density at radius 2 is 1.96 bits per heavy atom. The predicted molar refractivity (Wildman–Crippen MR) is 101 cm³/mol. The summed E-state index contributed by atoms with van der Waals surface area (Å²) in [6, 6.07) is 13.6. The molecule has 0 aliphatic heterocycles. The van der Waals surface area contributed by atoms with E-state index in [-0.39, 0.29) is 17.0 Å². The quantitative estimate of drug-likeness (QED) is 0.655. The Labute approximate surface area is 161 Å². The van der Waals surface area contributed by atoms with Gasteiger partial charge in [0.2, 0.25) is 0 Å². The molecular weight excluding hydrogens is 383 g/mol. The molecule has 0 amide bonds. The average molecular weight is 398 g/mol. The van der Waals surface area contributed by atoms with Crippen LogP contribution < -0.4 is 4.72 Å². The third kappa shape index (κ3) is 4.57. The van der Waals surface area contributed by atoms with Crippen molar-refractivity contribution < 1.29 is 12.8 Å². The topological polar surface area (TPSA) is 114 Å². The fraction of sp³-hybridized carbons (Fsp3) is 0.111. The van der Waals surface area contributed by atoms with Crippen molar-refractivity contribution in [2.24, 2.45) is 0 Å². The highest BCUT2D eigenvalue weighted by Crippen LogP contribution is 2.23. The fourth-order valence-corrected chi connectivity index (χ4v) is 3.49. The number of aromatic nitrogens is 4. The lowest BCUT2D eigenvalue weighted by Crippen LogP contribution is -2.13. The molecule has 1 N–H and O–H groups in total. The Morgan fingerprint density at radius 1 is 1.18 bits per heavy atom. The van der Waals surface area contributed by atoms with Gasteiger partial charge in [-0.1, -0.05) is 18.2 Å². The first-order valence-corrected chi connectivity index (χ1v) is 9.66. The first kappa shape index (κ1) is 19.2. The van der Waals surface area contributed by atoms with Crippen LogP contribution in [0.2, 0.25) is 0 Å². The van der Waals surface area contributed by atoms with E-state index in [1.165, 1.54) is 41.1 Å². The molecule has 28 heavy (non-hydrogen) atoms. The summed E-state index contributed by atoms with van der Waals surface area (Å²) >= 11 is 0. The number of hydrogen-bond acceptors (Lipinski definition) is 6. The molecular formula is C18H15FN6O2S. The monoisotopic (exact) mass is 398 g/mol. The molecule has 3 rings (SSSR count). The summed E-state index contributed by atoms with van der Waals surface area (Å²) in [5.74, 6) is -0.164. The number of nitrogens with zero attached hydrogens (tertiary/aromatic N) is 5. The second kappa shape index (κ2) is 8.41. The van der Waals surface area contributed by atoms with Crippen LogP contribution in [0.15, 0.2) is 53.4 Å². The van der Waals surface area contributed by atoms with Crippen LogP contribution in [-0.4, -0.2) is 28.6 Å². The van der Waals surface area contributed by atoms with E-state index in [4.69, 9.17) is 5.26 Å². The molecule has 0 atom stereocenters. The van der Waals surface area contributed by atoms with Gasteiger partial charge in [-0.3, -0.25) is 4.72 Å². The van der Waals surface area contributed by atoms with Gasteiger partial charge in [-0.05, 0) is 52.9 Å². The van der Waals surface area contributed by atoms with E-state index in [1.54, 1.807) is 18.2 Å².